The SMILES string of the molecule is CCCC1N=C(C2(C)CC2)NC1=O. The van der Waals surface area contributed by atoms with Gasteiger partial charge in [-0.25, -0.2) is 0 Å². The van der Waals surface area contributed by atoms with Crippen LogP contribution in [0.4, 0.5) is 0 Å². The Labute approximate surface area is 78.6 Å². The third-order valence-electron chi connectivity index (χ3n) is 2.96. The summed E-state index contributed by atoms with van der Waals surface area (Å²) in [4.78, 5) is 15.9. The van der Waals surface area contributed by atoms with E-state index in [1.807, 2.05) is 0 Å². The second-order valence-electron chi connectivity index (χ2n) is 4.33. The van der Waals surface area contributed by atoms with Crippen molar-refractivity contribution in [3.63, 3.8) is 0 Å². The molecule has 3 nitrogen and oxygen atoms in total. The molecule has 0 spiro atoms. The standard InChI is InChI=1S/C10H16N2O/c1-3-4-7-8(13)12-9(11-7)10(2)5-6-10/h7H,3-6H2,1-2H3,(H,11,12,13). The Balaban J connectivity index is 2.07. The van der Waals surface area contributed by atoms with Crippen molar-refractivity contribution in [3.8, 4) is 0 Å². The minimum Gasteiger partial charge on any atom is -0.312 e. The van der Waals surface area contributed by atoms with Gasteiger partial charge in [-0.2, -0.15) is 0 Å². The van der Waals surface area contributed by atoms with Crippen molar-refractivity contribution in [1.29, 1.82) is 0 Å². The molecule has 0 saturated heterocycles. The van der Waals surface area contributed by atoms with E-state index in [-0.39, 0.29) is 17.4 Å². The Kier molecular flexibility index (Phi) is 1.90. The monoisotopic (exact) mass is 180 g/mol. The maximum absolute atomic E-state index is 11.4. The molecule has 1 heterocycles. The van der Waals surface area contributed by atoms with E-state index in [1.54, 1.807) is 0 Å². The number of aliphatic imine (C=N–C) groups is 1. The average Bonchev–Trinajstić information content (AvgIpc) is 2.72. The van der Waals surface area contributed by atoms with E-state index in [9.17, 15) is 4.79 Å². The van der Waals surface area contributed by atoms with E-state index < -0.39 is 0 Å². The van der Waals surface area contributed by atoms with Gasteiger partial charge in [-0.1, -0.05) is 20.3 Å². The fourth-order valence-corrected chi connectivity index (χ4v) is 1.65. The van der Waals surface area contributed by atoms with Crippen LogP contribution in [0.1, 0.15) is 39.5 Å². The highest BCUT2D eigenvalue weighted by Gasteiger charge is 2.46. The van der Waals surface area contributed by atoms with Crippen molar-refractivity contribution in [2.75, 3.05) is 0 Å². The molecule has 0 aromatic carbocycles. The van der Waals surface area contributed by atoms with E-state index >= 15 is 0 Å². The lowest BCUT2D eigenvalue weighted by Crippen LogP contribution is -2.32. The lowest BCUT2D eigenvalue weighted by Gasteiger charge is -2.05. The molecule has 13 heavy (non-hydrogen) atoms. The van der Waals surface area contributed by atoms with Crippen LogP contribution in [0.5, 0.6) is 0 Å². The number of hydrogen-bond donors (Lipinski definition) is 1. The molecule has 2 rings (SSSR count). The Hall–Kier alpha value is -0.860. The molecule has 1 unspecified atom stereocenters. The fourth-order valence-electron chi connectivity index (χ4n) is 1.65. The second-order valence-corrected chi connectivity index (χ2v) is 4.33. The predicted molar refractivity (Wildman–Crippen MR) is 51.6 cm³/mol. The van der Waals surface area contributed by atoms with E-state index in [4.69, 9.17) is 0 Å². The highest BCUT2D eigenvalue weighted by Crippen LogP contribution is 2.46. The van der Waals surface area contributed by atoms with E-state index in [1.165, 1.54) is 12.8 Å². The van der Waals surface area contributed by atoms with Crippen LogP contribution < -0.4 is 5.32 Å². The summed E-state index contributed by atoms with van der Waals surface area (Å²) in [7, 11) is 0. The quantitative estimate of drug-likeness (QED) is 0.702. The molecule has 2 aliphatic rings. The lowest BCUT2D eigenvalue weighted by atomic mass is 10.1. The molecular formula is C10H16N2O. The second kappa shape index (κ2) is 2.82. The zero-order chi connectivity index (χ0) is 9.47. The van der Waals surface area contributed by atoms with E-state index in [0.717, 1.165) is 18.7 Å². The summed E-state index contributed by atoms with van der Waals surface area (Å²) in [6.07, 6.45) is 4.24. The van der Waals surface area contributed by atoms with Gasteiger partial charge < -0.3 is 5.32 Å². The molecule has 1 aliphatic carbocycles. The van der Waals surface area contributed by atoms with Crippen molar-refractivity contribution in [3.05, 3.63) is 0 Å². The van der Waals surface area contributed by atoms with Gasteiger partial charge >= 0.3 is 0 Å². The largest absolute Gasteiger partial charge is 0.312 e. The smallest absolute Gasteiger partial charge is 0.250 e. The summed E-state index contributed by atoms with van der Waals surface area (Å²) in [5, 5.41) is 2.90. The predicted octanol–water partition coefficient (Wildman–Crippen LogP) is 1.48. The highest BCUT2D eigenvalue weighted by molar-refractivity contribution is 6.09. The molecule has 1 atom stereocenters. The minimum absolute atomic E-state index is 0.0996. The van der Waals surface area contributed by atoms with Crippen LogP contribution in [-0.2, 0) is 4.79 Å². The maximum Gasteiger partial charge on any atom is 0.250 e. The molecule has 0 aromatic heterocycles. The average molecular weight is 180 g/mol. The van der Waals surface area contributed by atoms with E-state index in [2.05, 4.69) is 24.2 Å². The molecule has 0 radical (unpaired) electrons. The van der Waals surface area contributed by atoms with Crippen LogP contribution in [0.15, 0.2) is 4.99 Å². The number of amides is 1. The molecule has 1 fully saturated rings. The number of carbonyl (C=O) groups is 1. The molecule has 1 N–H and O–H groups in total. The Bertz CT molecular complexity index is 266. The topological polar surface area (TPSA) is 41.5 Å². The number of nitrogens with one attached hydrogen (secondary N) is 1. The first-order chi connectivity index (χ1) is 6.15. The van der Waals surface area contributed by atoms with Gasteiger partial charge in [0.2, 0.25) is 5.91 Å². The van der Waals surface area contributed by atoms with Crippen LogP contribution in [0.2, 0.25) is 0 Å². The van der Waals surface area contributed by atoms with Gasteiger partial charge in [0.15, 0.2) is 0 Å². The molecule has 72 valence electrons. The molecule has 1 amide bonds. The number of hydrogen-bond acceptors (Lipinski definition) is 2. The van der Waals surface area contributed by atoms with Crippen LogP contribution >= 0.6 is 0 Å². The Morgan fingerprint density at radius 2 is 2.31 bits per heavy atom. The first kappa shape index (κ1) is 8.73. The van der Waals surface area contributed by atoms with Gasteiger partial charge in [0.25, 0.3) is 0 Å². The van der Waals surface area contributed by atoms with Gasteiger partial charge in [-0.3, -0.25) is 9.79 Å². The third-order valence-corrected chi connectivity index (χ3v) is 2.96. The van der Waals surface area contributed by atoms with Crippen molar-refractivity contribution in [2.24, 2.45) is 10.4 Å². The summed E-state index contributed by atoms with van der Waals surface area (Å²) in [6.45, 7) is 4.25. The molecule has 0 aromatic rings. The fraction of sp³-hybridized carbons (Fsp3) is 0.800. The van der Waals surface area contributed by atoms with Crippen LogP contribution in [0, 0.1) is 5.41 Å². The molecule has 1 aliphatic heterocycles. The molecule has 0 bridgehead atoms. The van der Waals surface area contributed by atoms with Crippen molar-refractivity contribution in [1.82, 2.24) is 5.32 Å². The summed E-state index contributed by atoms with van der Waals surface area (Å²) < 4.78 is 0. The lowest BCUT2D eigenvalue weighted by molar-refractivity contribution is -0.120. The van der Waals surface area contributed by atoms with Crippen LogP contribution in [0.25, 0.3) is 0 Å². The molecule has 3 heteroatoms. The van der Waals surface area contributed by atoms with Crippen LogP contribution in [-0.4, -0.2) is 17.8 Å². The summed E-state index contributed by atoms with van der Waals surface area (Å²) in [5.41, 5.74) is 0.206. The summed E-state index contributed by atoms with van der Waals surface area (Å²) >= 11 is 0. The normalized spacial score (nSPS) is 29.8. The van der Waals surface area contributed by atoms with Gasteiger partial charge in [0.1, 0.15) is 11.9 Å². The third kappa shape index (κ3) is 1.47. The Morgan fingerprint density at radius 1 is 1.62 bits per heavy atom. The number of nitrogens with zero attached hydrogens (tertiary/aromatic N) is 1. The van der Waals surface area contributed by atoms with Gasteiger partial charge in [0, 0.05) is 5.41 Å². The van der Waals surface area contributed by atoms with Crippen molar-refractivity contribution in [2.45, 2.75) is 45.6 Å². The summed E-state index contributed by atoms with van der Waals surface area (Å²) in [6, 6.07) is -0.0996. The first-order valence-electron chi connectivity index (χ1n) is 5.05. The van der Waals surface area contributed by atoms with E-state index in [0.29, 0.717) is 0 Å². The van der Waals surface area contributed by atoms with Crippen LogP contribution in [0.3, 0.4) is 0 Å². The van der Waals surface area contributed by atoms with Crippen molar-refractivity contribution < 1.29 is 4.79 Å². The van der Waals surface area contributed by atoms with Gasteiger partial charge in [-0.15, -0.1) is 0 Å². The van der Waals surface area contributed by atoms with Crippen molar-refractivity contribution >= 4 is 11.7 Å². The first-order valence-corrected chi connectivity index (χ1v) is 5.05. The molecule has 1 saturated carbocycles. The zero-order valence-electron chi connectivity index (χ0n) is 8.26. The Morgan fingerprint density at radius 3 is 2.85 bits per heavy atom. The van der Waals surface area contributed by atoms with Gasteiger partial charge in [0.05, 0.1) is 0 Å². The number of carbonyl (C=O) groups excluding carboxylic acids is 1. The summed E-state index contributed by atoms with van der Waals surface area (Å²) in [5.74, 6) is 1.04. The van der Waals surface area contributed by atoms with Gasteiger partial charge in [-0.05, 0) is 19.3 Å². The number of amidine groups is 1. The molecular weight excluding hydrogens is 164 g/mol. The maximum atomic E-state index is 11.4. The zero-order valence-corrected chi connectivity index (χ0v) is 8.26. The number of rotatable bonds is 3. The minimum atomic E-state index is -0.0996. The highest BCUT2D eigenvalue weighted by atomic mass is 16.2.